The van der Waals surface area contributed by atoms with Crippen molar-refractivity contribution < 1.29 is 23.9 Å². The highest BCUT2D eigenvalue weighted by Crippen LogP contribution is 2.54. The molecule has 7 nitrogen and oxygen atoms in total. The van der Waals surface area contributed by atoms with Crippen LogP contribution in [0.15, 0.2) is 48.5 Å². The monoisotopic (exact) mass is 423 g/mol. The second-order valence-electron chi connectivity index (χ2n) is 7.92. The molecule has 3 aromatic rings. The van der Waals surface area contributed by atoms with Gasteiger partial charge in [0.2, 0.25) is 11.8 Å². The van der Waals surface area contributed by atoms with Crippen LogP contribution in [0.3, 0.4) is 0 Å². The Bertz CT molecular complexity index is 1180. The fraction of sp³-hybridized carbons (Fsp3) is 0.261. The summed E-state index contributed by atoms with van der Waals surface area (Å²) < 4.78 is 20.4. The molecular formula is C23H22FN3O4. The molecule has 0 spiro atoms. The minimum Gasteiger partial charge on any atom is -0.486 e. The largest absolute Gasteiger partial charge is 0.486 e. The van der Waals surface area contributed by atoms with Gasteiger partial charge < -0.3 is 10.5 Å². The van der Waals surface area contributed by atoms with Crippen LogP contribution >= 0.6 is 0 Å². The molecule has 1 aromatic heterocycles. The number of rotatable bonds is 7. The molecule has 0 aliphatic heterocycles. The van der Waals surface area contributed by atoms with Crippen LogP contribution in [-0.2, 0) is 22.6 Å². The van der Waals surface area contributed by atoms with Crippen LogP contribution in [0.1, 0.15) is 23.2 Å². The van der Waals surface area contributed by atoms with E-state index in [2.05, 4.69) is 4.98 Å². The average molecular weight is 423 g/mol. The van der Waals surface area contributed by atoms with Gasteiger partial charge in [0.1, 0.15) is 6.61 Å². The van der Waals surface area contributed by atoms with Crippen LogP contribution in [-0.4, -0.2) is 22.0 Å². The number of fused-ring (bicyclic) bond motifs is 1. The van der Waals surface area contributed by atoms with Gasteiger partial charge in [0.05, 0.1) is 16.8 Å². The predicted octanol–water partition coefficient (Wildman–Crippen LogP) is 2.80. The third-order valence-electron chi connectivity index (χ3n) is 5.82. The highest BCUT2D eigenvalue weighted by molar-refractivity contribution is 5.95. The van der Waals surface area contributed by atoms with Gasteiger partial charge in [-0.3, -0.25) is 19.8 Å². The molecule has 1 saturated carbocycles. The maximum absolute atomic E-state index is 14.7. The van der Waals surface area contributed by atoms with Gasteiger partial charge in [-0.05, 0) is 49.6 Å². The Morgan fingerprint density at radius 3 is 2.77 bits per heavy atom. The summed E-state index contributed by atoms with van der Waals surface area (Å²) in [6.45, 7) is 2.06. The van der Waals surface area contributed by atoms with Crippen molar-refractivity contribution in [2.24, 2.45) is 17.1 Å². The van der Waals surface area contributed by atoms with Crippen molar-refractivity contribution in [1.82, 2.24) is 10.5 Å². The quantitative estimate of drug-likeness (QED) is 0.399. The van der Waals surface area contributed by atoms with E-state index in [0.717, 1.165) is 22.2 Å². The minimum atomic E-state index is -1.12. The zero-order chi connectivity index (χ0) is 22.2. The molecule has 4 rings (SSSR count). The first-order chi connectivity index (χ1) is 14.8. The SMILES string of the molecule is Cc1cc(COc2ccc(C[C@]3(C(N)=O)CC3C(=O)NO)cc2F)c2ccccc2n1. The molecule has 1 aliphatic rings. The van der Waals surface area contributed by atoms with Gasteiger partial charge in [-0.15, -0.1) is 0 Å². The number of carbonyl (C=O) groups is 2. The molecular weight excluding hydrogens is 401 g/mol. The van der Waals surface area contributed by atoms with E-state index in [1.165, 1.54) is 12.1 Å². The van der Waals surface area contributed by atoms with E-state index in [1.807, 2.05) is 37.3 Å². The van der Waals surface area contributed by atoms with Gasteiger partial charge in [-0.2, -0.15) is 0 Å². The number of benzene rings is 2. The van der Waals surface area contributed by atoms with Crippen molar-refractivity contribution >= 4 is 22.7 Å². The number of amides is 2. The normalized spacial score (nSPS) is 19.8. The lowest BCUT2D eigenvalue weighted by Gasteiger charge is -2.15. The lowest BCUT2D eigenvalue weighted by atomic mass is 9.92. The molecule has 0 bridgehead atoms. The fourth-order valence-corrected chi connectivity index (χ4v) is 4.09. The van der Waals surface area contributed by atoms with Crippen molar-refractivity contribution in [3.63, 3.8) is 0 Å². The molecule has 1 unspecified atom stereocenters. The third-order valence-corrected chi connectivity index (χ3v) is 5.82. The predicted molar refractivity (Wildman–Crippen MR) is 111 cm³/mol. The number of carbonyl (C=O) groups excluding carboxylic acids is 2. The molecule has 0 saturated heterocycles. The van der Waals surface area contributed by atoms with Crippen LogP contribution < -0.4 is 16.0 Å². The number of para-hydroxylation sites is 1. The number of hydrogen-bond acceptors (Lipinski definition) is 5. The first kappa shape index (κ1) is 20.7. The number of hydroxylamine groups is 1. The Hall–Kier alpha value is -3.52. The molecule has 1 aliphatic carbocycles. The summed E-state index contributed by atoms with van der Waals surface area (Å²) in [5.74, 6) is -2.54. The van der Waals surface area contributed by atoms with E-state index in [4.69, 9.17) is 15.7 Å². The van der Waals surface area contributed by atoms with Crippen molar-refractivity contribution in [1.29, 1.82) is 0 Å². The molecule has 1 fully saturated rings. The van der Waals surface area contributed by atoms with Gasteiger partial charge >= 0.3 is 0 Å². The molecule has 8 heteroatoms. The Kier molecular flexibility index (Phi) is 5.32. The summed E-state index contributed by atoms with van der Waals surface area (Å²) in [6, 6.07) is 14.0. The Morgan fingerprint density at radius 2 is 2.06 bits per heavy atom. The third kappa shape index (κ3) is 3.94. The van der Waals surface area contributed by atoms with Crippen LogP contribution in [0.5, 0.6) is 5.75 Å². The number of primary amides is 1. The Labute approximate surface area is 178 Å². The summed E-state index contributed by atoms with van der Waals surface area (Å²) in [5, 5.41) is 9.75. The zero-order valence-corrected chi connectivity index (χ0v) is 16.9. The highest BCUT2D eigenvalue weighted by Gasteiger charge is 2.62. The van der Waals surface area contributed by atoms with Gasteiger partial charge in [-0.25, -0.2) is 9.87 Å². The number of aryl methyl sites for hydroxylation is 1. The van der Waals surface area contributed by atoms with Crippen molar-refractivity contribution in [3.8, 4) is 5.75 Å². The number of halogens is 1. The minimum absolute atomic E-state index is 0.0795. The second kappa shape index (κ2) is 7.96. The van der Waals surface area contributed by atoms with E-state index in [1.54, 1.807) is 11.5 Å². The second-order valence-corrected chi connectivity index (χ2v) is 7.92. The molecule has 1 heterocycles. The van der Waals surface area contributed by atoms with E-state index in [-0.39, 0.29) is 25.2 Å². The number of nitrogens with two attached hydrogens (primary N) is 1. The summed E-state index contributed by atoms with van der Waals surface area (Å²) in [7, 11) is 0. The molecule has 0 radical (unpaired) electrons. The Balaban J connectivity index is 1.50. The molecule has 2 atom stereocenters. The summed E-state index contributed by atoms with van der Waals surface area (Å²) in [4.78, 5) is 28.1. The maximum atomic E-state index is 14.7. The standard InChI is InChI=1S/C23H22FN3O4/c1-13-8-15(16-4-2-3-5-19(16)26-13)12-31-20-7-6-14(9-18(20)24)10-23(22(25)29)11-17(23)21(28)27-30/h2-9,17,30H,10-12H2,1H3,(H2,25,29)(H,27,28)/t17?,23-/m0/s1. The summed E-state index contributed by atoms with van der Waals surface area (Å²) in [6.07, 6.45) is 0.314. The van der Waals surface area contributed by atoms with Crippen molar-refractivity contribution in [2.45, 2.75) is 26.4 Å². The van der Waals surface area contributed by atoms with E-state index < -0.39 is 29.0 Å². The van der Waals surface area contributed by atoms with Crippen LogP contribution in [0, 0.1) is 24.1 Å². The van der Waals surface area contributed by atoms with Gasteiger partial charge in [0, 0.05) is 16.6 Å². The van der Waals surface area contributed by atoms with Crippen molar-refractivity contribution in [3.05, 3.63) is 71.2 Å². The Morgan fingerprint density at radius 1 is 1.29 bits per heavy atom. The highest BCUT2D eigenvalue weighted by atomic mass is 19.1. The van der Waals surface area contributed by atoms with E-state index >= 15 is 0 Å². The van der Waals surface area contributed by atoms with Gasteiger partial charge in [0.25, 0.3) is 0 Å². The molecule has 4 N–H and O–H groups in total. The zero-order valence-electron chi connectivity index (χ0n) is 16.9. The maximum Gasteiger partial charge on any atom is 0.247 e. The molecule has 31 heavy (non-hydrogen) atoms. The van der Waals surface area contributed by atoms with Gasteiger partial charge in [-0.1, -0.05) is 24.3 Å². The van der Waals surface area contributed by atoms with Crippen LogP contribution in [0.2, 0.25) is 0 Å². The molecule has 160 valence electrons. The van der Waals surface area contributed by atoms with E-state index in [9.17, 15) is 14.0 Å². The van der Waals surface area contributed by atoms with E-state index in [0.29, 0.717) is 5.56 Å². The average Bonchev–Trinajstić information content (AvgIpc) is 3.48. The smallest absolute Gasteiger partial charge is 0.247 e. The molecule has 2 amide bonds. The number of aromatic nitrogens is 1. The van der Waals surface area contributed by atoms with Crippen LogP contribution in [0.25, 0.3) is 10.9 Å². The topological polar surface area (TPSA) is 115 Å². The summed E-state index contributed by atoms with van der Waals surface area (Å²) in [5.41, 5.74) is 9.01. The number of ether oxygens (including phenoxy) is 1. The fourth-order valence-electron chi connectivity index (χ4n) is 4.09. The lowest BCUT2D eigenvalue weighted by Crippen LogP contribution is -2.33. The first-order valence-corrected chi connectivity index (χ1v) is 9.84. The molecule has 2 aromatic carbocycles. The number of nitrogens with one attached hydrogen (secondary N) is 1. The number of hydrogen-bond donors (Lipinski definition) is 3. The lowest BCUT2D eigenvalue weighted by molar-refractivity contribution is -0.134. The number of nitrogens with zero attached hydrogens (tertiary/aromatic N) is 1. The van der Waals surface area contributed by atoms with Crippen LogP contribution in [0.4, 0.5) is 4.39 Å². The van der Waals surface area contributed by atoms with Gasteiger partial charge in [0.15, 0.2) is 11.6 Å². The number of pyridine rings is 1. The first-order valence-electron chi connectivity index (χ1n) is 9.84. The van der Waals surface area contributed by atoms with Crippen molar-refractivity contribution in [2.75, 3.05) is 0 Å². The summed E-state index contributed by atoms with van der Waals surface area (Å²) >= 11 is 0.